The average Bonchev–Trinajstić information content (AvgIpc) is 3.40. The predicted octanol–water partition coefficient (Wildman–Crippen LogP) is 4.25. The van der Waals surface area contributed by atoms with E-state index in [4.69, 9.17) is 4.98 Å². The van der Waals surface area contributed by atoms with Crippen LogP contribution in [-0.2, 0) is 0 Å². The van der Waals surface area contributed by atoms with Gasteiger partial charge in [0.25, 0.3) is 0 Å². The smallest absolute Gasteiger partial charge is 0.158 e. The van der Waals surface area contributed by atoms with Gasteiger partial charge in [-0.2, -0.15) is 16.9 Å². The number of aromatic nitrogens is 5. The second-order valence-electron chi connectivity index (χ2n) is 9.66. The minimum Gasteiger partial charge on any atom is -0.353 e. The van der Waals surface area contributed by atoms with E-state index in [0.717, 1.165) is 46.8 Å². The Kier molecular flexibility index (Phi) is 5.10. The van der Waals surface area contributed by atoms with Crippen molar-refractivity contribution in [3.05, 3.63) is 41.3 Å². The van der Waals surface area contributed by atoms with Crippen LogP contribution < -0.4 is 4.90 Å². The Labute approximate surface area is 198 Å². The first-order chi connectivity index (χ1) is 16.0. The number of thioether (sulfide) groups is 1. The van der Waals surface area contributed by atoms with Crippen LogP contribution in [0.1, 0.15) is 36.5 Å². The third-order valence-electron chi connectivity index (χ3n) is 7.39. The van der Waals surface area contributed by atoms with Gasteiger partial charge in [0, 0.05) is 61.1 Å². The van der Waals surface area contributed by atoms with Crippen LogP contribution in [0.15, 0.2) is 24.7 Å². The van der Waals surface area contributed by atoms with Gasteiger partial charge in [-0.1, -0.05) is 13.8 Å². The van der Waals surface area contributed by atoms with E-state index >= 15 is 0 Å². The van der Waals surface area contributed by atoms with Crippen molar-refractivity contribution in [2.24, 2.45) is 0 Å². The maximum absolute atomic E-state index is 5.19. The largest absolute Gasteiger partial charge is 0.353 e. The maximum atomic E-state index is 5.19. The first kappa shape index (κ1) is 21.0. The molecule has 0 atom stereocenters. The summed E-state index contributed by atoms with van der Waals surface area (Å²) in [6.07, 6.45) is 3.72. The Morgan fingerprint density at radius 1 is 1.09 bits per heavy atom. The van der Waals surface area contributed by atoms with Crippen molar-refractivity contribution in [1.29, 1.82) is 0 Å². The van der Waals surface area contributed by atoms with Gasteiger partial charge in [0.1, 0.15) is 12.1 Å². The lowest BCUT2D eigenvalue weighted by Gasteiger charge is -2.47. The van der Waals surface area contributed by atoms with Crippen LogP contribution in [0.3, 0.4) is 0 Å². The normalized spacial score (nSPS) is 18.0. The molecule has 0 spiro atoms. The van der Waals surface area contributed by atoms with E-state index in [1.165, 1.54) is 41.3 Å². The van der Waals surface area contributed by atoms with Crippen molar-refractivity contribution in [3.8, 4) is 11.3 Å². The van der Waals surface area contributed by atoms with Gasteiger partial charge >= 0.3 is 0 Å². The van der Waals surface area contributed by atoms with Crippen molar-refractivity contribution in [1.82, 2.24) is 29.5 Å². The molecule has 1 N–H and O–H groups in total. The van der Waals surface area contributed by atoms with Crippen molar-refractivity contribution in [2.75, 3.05) is 42.6 Å². The van der Waals surface area contributed by atoms with E-state index in [1.807, 2.05) is 4.52 Å². The predicted molar refractivity (Wildman–Crippen MR) is 137 cm³/mol. The van der Waals surface area contributed by atoms with Crippen molar-refractivity contribution >= 4 is 34.3 Å². The number of H-pyrrole nitrogens is 1. The third kappa shape index (κ3) is 3.42. The van der Waals surface area contributed by atoms with E-state index < -0.39 is 0 Å². The fraction of sp³-hybridized carbons (Fsp3) is 0.480. The summed E-state index contributed by atoms with van der Waals surface area (Å²) in [6, 6.07) is 5.05. The number of rotatable bonds is 4. The van der Waals surface area contributed by atoms with Gasteiger partial charge in [-0.05, 0) is 43.0 Å². The Morgan fingerprint density at radius 3 is 2.64 bits per heavy atom. The fourth-order valence-electron chi connectivity index (χ4n) is 5.30. The van der Waals surface area contributed by atoms with Crippen LogP contribution >= 0.6 is 11.8 Å². The molecular weight excluding hydrogens is 430 g/mol. The Bertz CT molecular complexity index is 1330. The molecule has 0 amide bonds. The molecule has 0 aromatic carbocycles. The second kappa shape index (κ2) is 8.02. The standard InChI is InChI=1S/C25H31N7S/c1-15(2)22-23(19-13-32-25(26-14-27-32)17(4)16(19)3)28-20-5-6-21(29-24(20)22)31-11-18(12-31)30-7-9-33-10-8-30/h5-6,13-15,18,28H,7-12H2,1-4H3. The van der Waals surface area contributed by atoms with Crippen molar-refractivity contribution < 1.29 is 0 Å². The summed E-state index contributed by atoms with van der Waals surface area (Å²) in [7, 11) is 0. The molecule has 4 aromatic rings. The Balaban J connectivity index is 1.38. The molecule has 8 heteroatoms. The van der Waals surface area contributed by atoms with Gasteiger partial charge in [0.15, 0.2) is 5.65 Å². The minimum absolute atomic E-state index is 0.345. The summed E-state index contributed by atoms with van der Waals surface area (Å²) < 4.78 is 1.88. The topological polar surface area (TPSA) is 65.4 Å². The molecule has 0 unspecified atom stereocenters. The average molecular weight is 462 g/mol. The third-order valence-corrected chi connectivity index (χ3v) is 8.33. The molecule has 2 aliphatic rings. The van der Waals surface area contributed by atoms with Crippen LogP contribution in [0.5, 0.6) is 0 Å². The molecule has 2 aliphatic heterocycles. The molecule has 0 saturated carbocycles. The molecule has 7 nitrogen and oxygen atoms in total. The van der Waals surface area contributed by atoms with Crippen LogP contribution in [0, 0.1) is 13.8 Å². The Morgan fingerprint density at radius 2 is 1.88 bits per heavy atom. The van der Waals surface area contributed by atoms with Gasteiger partial charge in [0.2, 0.25) is 0 Å². The van der Waals surface area contributed by atoms with Gasteiger partial charge in [-0.15, -0.1) is 0 Å². The zero-order chi connectivity index (χ0) is 22.7. The number of nitrogens with one attached hydrogen (secondary N) is 1. The second-order valence-corrected chi connectivity index (χ2v) is 10.9. The quantitative estimate of drug-likeness (QED) is 0.490. The zero-order valence-electron chi connectivity index (χ0n) is 19.8. The summed E-state index contributed by atoms with van der Waals surface area (Å²) in [4.78, 5) is 18.4. The number of fused-ring (bicyclic) bond motifs is 2. The number of nitrogens with zero attached hydrogens (tertiary/aromatic N) is 6. The Hall–Kier alpha value is -2.58. The lowest BCUT2D eigenvalue weighted by Crippen LogP contribution is -2.61. The highest BCUT2D eigenvalue weighted by atomic mass is 32.2. The first-order valence-electron chi connectivity index (χ1n) is 11.9. The zero-order valence-corrected chi connectivity index (χ0v) is 20.6. The van der Waals surface area contributed by atoms with Gasteiger partial charge in [-0.25, -0.2) is 14.5 Å². The van der Waals surface area contributed by atoms with Gasteiger partial charge in [-0.3, -0.25) is 4.90 Å². The monoisotopic (exact) mass is 461 g/mol. The lowest BCUT2D eigenvalue weighted by molar-refractivity contribution is 0.182. The van der Waals surface area contributed by atoms with Crippen molar-refractivity contribution in [3.63, 3.8) is 0 Å². The van der Waals surface area contributed by atoms with Crippen LogP contribution in [0.2, 0.25) is 0 Å². The number of hydrogen-bond acceptors (Lipinski definition) is 6. The summed E-state index contributed by atoms with van der Waals surface area (Å²) in [5, 5.41) is 4.40. The molecule has 6 rings (SSSR count). The minimum atomic E-state index is 0.345. The molecule has 0 bridgehead atoms. The SMILES string of the molecule is Cc1c(-c2[nH]c3ccc(N4CC(N5CCSCC5)C4)nc3c2C(C)C)cn2ncnc2c1C. The number of anilines is 1. The fourth-order valence-corrected chi connectivity index (χ4v) is 6.23. The molecule has 172 valence electrons. The van der Waals surface area contributed by atoms with E-state index in [1.54, 1.807) is 6.33 Å². The van der Waals surface area contributed by atoms with E-state index in [-0.39, 0.29) is 0 Å². The lowest BCUT2D eigenvalue weighted by atomic mass is 9.95. The number of pyridine rings is 2. The summed E-state index contributed by atoms with van der Waals surface area (Å²) >= 11 is 2.08. The molecule has 2 fully saturated rings. The first-order valence-corrected chi connectivity index (χ1v) is 13.1. The highest BCUT2D eigenvalue weighted by Gasteiger charge is 2.33. The maximum Gasteiger partial charge on any atom is 0.158 e. The number of aromatic amines is 1. The number of aryl methyl sites for hydroxylation is 1. The van der Waals surface area contributed by atoms with E-state index in [9.17, 15) is 0 Å². The summed E-state index contributed by atoms with van der Waals surface area (Å²) in [5.74, 6) is 3.98. The molecule has 0 radical (unpaired) electrons. The molecule has 2 saturated heterocycles. The molecule has 6 heterocycles. The summed E-state index contributed by atoms with van der Waals surface area (Å²) in [5.41, 5.74) is 9.08. The van der Waals surface area contributed by atoms with Gasteiger partial charge < -0.3 is 9.88 Å². The molecular formula is C25H31N7S. The van der Waals surface area contributed by atoms with Crippen LogP contribution in [0.25, 0.3) is 27.9 Å². The molecule has 4 aromatic heterocycles. The highest BCUT2D eigenvalue weighted by Crippen LogP contribution is 2.38. The van der Waals surface area contributed by atoms with E-state index in [0.29, 0.717) is 12.0 Å². The van der Waals surface area contributed by atoms with Crippen LogP contribution in [0.4, 0.5) is 5.82 Å². The number of hydrogen-bond donors (Lipinski definition) is 1. The summed E-state index contributed by atoms with van der Waals surface area (Å²) in [6.45, 7) is 13.4. The molecule has 0 aliphatic carbocycles. The van der Waals surface area contributed by atoms with E-state index in [2.05, 4.69) is 82.7 Å². The van der Waals surface area contributed by atoms with Crippen LogP contribution in [-0.4, -0.2) is 73.2 Å². The van der Waals surface area contributed by atoms with Gasteiger partial charge in [0.05, 0.1) is 16.7 Å². The molecule has 33 heavy (non-hydrogen) atoms. The highest BCUT2D eigenvalue weighted by molar-refractivity contribution is 7.99. The van der Waals surface area contributed by atoms with Crippen molar-refractivity contribution in [2.45, 2.75) is 39.7 Å².